The summed E-state index contributed by atoms with van der Waals surface area (Å²) in [6, 6.07) is 5.59. The number of carbonyl (C=O) groups is 1. The maximum absolute atomic E-state index is 12.2. The highest BCUT2D eigenvalue weighted by atomic mass is 32.1. The van der Waals surface area contributed by atoms with Crippen molar-refractivity contribution in [3.05, 3.63) is 40.3 Å². The van der Waals surface area contributed by atoms with E-state index in [1.54, 1.807) is 0 Å². The van der Waals surface area contributed by atoms with E-state index in [9.17, 15) is 9.59 Å². The molecule has 3 rings (SSSR count). The molecule has 122 valence electrons. The number of aromatic nitrogens is 2. The van der Waals surface area contributed by atoms with E-state index in [0.717, 1.165) is 17.7 Å². The molecule has 0 aliphatic heterocycles. The topological polar surface area (TPSA) is 64.0 Å². The fourth-order valence-corrected chi connectivity index (χ4v) is 3.65. The first-order valence-corrected chi connectivity index (χ1v) is 9.00. The molecule has 0 unspecified atom stereocenters. The van der Waals surface area contributed by atoms with Crippen molar-refractivity contribution in [2.45, 2.75) is 51.1 Å². The molecule has 0 saturated heterocycles. The summed E-state index contributed by atoms with van der Waals surface area (Å²) in [5.74, 6) is -0.107. The minimum Gasteiger partial charge on any atom is -0.352 e. The van der Waals surface area contributed by atoms with Gasteiger partial charge in [0.05, 0.1) is 16.9 Å². The number of thiophene rings is 1. The van der Waals surface area contributed by atoms with Gasteiger partial charge in [0.25, 0.3) is 5.56 Å². The van der Waals surface area contributed by atoms with Crippen LogP contribution in [-0.2, 0) is 11.3 Å². The third-order valence-corrected chi connectivity index (χ3v) is 5.08. The number of hydrogen-bond acceptors (Lipinski definition) is 4. The summed E-state index contributed by atoms with van der Waals surface area (Å²) >= 11 is 1.54. The third kappa shape index (κ3) is 4.28. The zero-order valence-electron chi connectivity index (χ0n) is 13.0. The molecule has 5 nitrogen and oxygen atoms in total. The predicted octanol–water partition coefficient (Wildman–Crippen LogP) is 2.81. The van der Waals surface area contributed by atoms with E-state index in [4.69, 9.17) is 0 Å². The van der Waals surface area contributed by atoms with Crippen LogP contribution in [0.25, 0.3) is 10.6 Å². The maximum Gasteiger partial charge on any atom is 0.254 e. The quantitative estimate of drug-likeness (QED) is 0.876. The minimum absolute atomic E-state index is 0.0348. The van der Waals surface area contributed by atoms with Crippen LogP contribution in [0, 0.1) is 0 Å². The van der Waals surface area contributed by atoms with Crippen molar-refractivity contribution < 1.29 is 4.79 Å². The van der Waals surface area contributed by atoms with Gasteiger partial charge in [0.15, 0.2) is 0 Å². The van der Waals surface area contributed by atoms with Crippen LogP contribution in [0.4, 0.5) is 0 Å². The van der Waals surface area contributed by atoms with Crippen LogP contribution in [0.3, 0.4) is 0 Å². The molecule has 2 aromatic rings. The fourth-order valence-electron chi connectivity index (χ4n) is 2.96. The normalized spacial score (nSPS) is 16.0. The monoisotopic (exact) mass is 331 g/mol. The zero-order chi connectivity index (χ0) is 16.1. The Hall–Kier alpha value is -1.95. The second kappa shape index (κ2) is 7.55. The molecule has 1 fully saturated rings. The lowest BCUT2D eigenvalue weighted by atomic mass is 10.1. The van der Waals surface area contributed by atoms with Crippen LogP contribution in [0.15, 0.2) is 34.7 Å². The number of carbonyl (C=O) groups excluding carboxylic acids is 1. The van der Waals surface area contributed by atoms with E-state index in [-0.39, 0.29) is 24.1 Å². The van der Waals surface area contributed by atoms with Gasteiger partial charge in [-0.3, -0.25) is 14.2 Å². The van der Waals surface area contributed by atoms with Gasteiger partial charge < -0.3 is 5.32 Å². The summed E-state index contributed by atoms with van der Waals surface area (Å²) in [5.41, 5.74) is 0.463. The standard InChI is InChI=1S/C17H21N3O2S/c21-16(19-13-6-3-1-2-4-7-13)11-20-12-18-14(10-17(20)22)15-8-5-9-23-15/h5,8-10,12-13H,1-4,6-7,11H2,(H,19,21). The first-order valence-electron chi connectivity index (χ1n) is 8.12. The molecular formula is C17H21N3O2S. The van der Waals surface area contributed by atoms with Gasteiger partial charge >= 0.3 is 0 Å². The highest BCUT2D eigenvalue weighted by Crippen LogP contribution is 2.20. The number of amides is 1. The maximum atomic E-state index is 12.2. The number of rotatable bonds is 4. The van der Waals surface area contributed by atoms with E-state index in [2.05, 4.69) is 10.3 Å². The Morgan fingerprint density at radius 3 is 2.74 bits per heavy atom. The van der Waals surface area contributed by atoms with Gasteiger partial charge in [-0.25, -0.2) is 4.98 Å². The van der Waals surface area contributed by atoms with Crippen molar-refractivity contribution in [3.63, 3.8) is 0 Å². The van der Waals surface area contributed by atoms with Crippen LogP contribution in [-0.4, -0.2) is 21.5 Å². The van der Waals surface area contributed by atoms with Crippen molar-refractivity contribution in [3.8, 4) is 10.6 Å². The average Bonchev–Trinajstić information content (AvgIpc) is 2.95. The molecule has 1 aliphatic rings. The van der Waals surface area contributed by atoms with Crippen molar-refractivity contribution in [1.29, 1.82) is 0 Å². The second-order valence-corrected chi connectivity index (χ2v) is 6.92. The molecule has 0 spiro atoms. The Morgan fingerprint density at radius 2 is 2.09 bits per heavy atom. The van der Waals surface area contributed by atoms with Gasteiger partial charge in [0.2, 0.25) is 5.91 Å². The molecule has 2 heterocycles. The van der Waals surface area contributed by atoms with Crippen LogP contribution in [0.5, 0.6) is 0 Å². The van der Waals surface area contributed by atoms with E-state index < -0.39 is 0 Å². The highest BCUT2D eigenvalue weighted by molar-refractivity contribution is 7.13. The molecule has 1 saturated carbocycles. The molecule has 23 heavy (non-hydrogen) atoms. The van der Waals surface area contributed by atoms with E-state index in [0.29, 0.717) is 5.69 Å². The van der Waals surface area contributed by atoms with Gasteiger partial charge in [-0.2, -0.15) is 0 Å². The Kier molecular flexibility index (Phi) is 5.23. The van der Waals surface area contributed by atoms with Gasteiger partial charge in [-0.05, 0) is 24.3 Å². The first kappa shape index (κ1) is 15.9. The lowest BCUT2D eigenvalue weighted by Gasteiger charge is -2.16. The molecule has 2 aromatic heterocycles. The fraction of sp³-hybridized carbons (Fsp3) is 0.471. The summed E-state index contributed by atoms with van der Waals surface area (Å²) in [5, 5.41) is 5.00. The summed E-state index contributed by atoms with van der Waals surface area (Å²) in [4.78, 5) is 29.6. The van der Waals surface area contributed by atoms with Crippen LogP contribution in [0.1, 0.15) is 38.5 Å². The summed E-state index contributed by atoms with van der Waals surface area (Å²) < 4.78 is 1.36. The number of hydrogen-bond donors (Lipinski definition) is 1. The second-order valence-electron chi connectivity index (χ2n) is 5.97. The van der Waals surface area contributed by atoms with Gasteiger partial charge in [-0.15, -0.1) is 11.3 Å². The number of nitrogens with zero attached hydrogens (tertiary/aromatic N) is 2. The zero-order valence-corrected chi connectivity index (χ0v) is 13.8. The summed E-state index contributed by atoms with van der Waals surface area (Å²) in [6.45, 7) is 0.0348. The average molecular weight is 331 g/mol. The lowest BCUT2D eigenvalue weighted by Crippen LogP contribution is -2.38. The highest BCUT2D eigenvalue weighted by Gasteiger charge is 2.15. The van der Waals surface area contributed by atoms with E-state index in [1.165, 1.54) is 54.0 Å². The molecular weight excluding hydrogens is 310 g/mol. The molecule has 6 heteroatoms. The minimum atomic E-state index is -0.195. The van der Waals surface area contributed by atoms with Crippen molar-refractivity contribution in [1.82, 2.24) is 14.9 Å². The number of nitrogens with one attached hydrogen (secondary N) is 1. The molecule has 0 atom stereocenters. The Balaban J connectivity index is 1.63. The molecule has 0 radical (unpaired) electrons. The Bertz CT molecular complexity index is 701. The molecule has 1 N–H and O–H groups in total. The molecule has 0 aromatic carbocycles. The van der Waals surface area contributed by atoms with Crippen molar-refractivity contribution in [2.24, 2.45) is 0 Å². The summed E-state index contributed by atoms with van der Waals surface area (Å²) in [7, 11) is 0. The van der Waals surface area contributed by atoms with Crippen molar-refractivity contribution in [2.75, 3.05) is 0 Å². The largest absolute Gasteiger partial charge is 0.352 e. The first-order chi connectivity index (χ1) is 11.2. The molecule has 1 amide bonds. The van der Waals surface area contributed by atoms with Gasteiger partial charge in [0, 0.05) is 12.1 Å². The van der Waals surface area contributed by atoms with Crippen LogP contribution < -0.4 is 10.9 Å². The Labute approximate surface area is 139 Å². The predicted molar refractivity (Wildman–Crippen MR) is 91.4 cm³/mol. The summed E-state index contributed by atoms with van der Waals surface area (Å²) in [6.07, 6.45) is 8.38. The SMILES string of the molecule is O=C(Cn1cnc(-c2cccs2)cc1=O)NC1CCCCCC1. The lowest BCUT2D eigenvalue weighted by molar-refractivity contribution is -0.122. The Morgan fingerprint density at radius 1 is 1.30 bits per heavy atom. The molecule has 1 aliphatic carbocycles. The van der Waals surface area contributed by atoms with Gasteiger partial charge in [0.1, 0.15) is 6.54 Å². The van der Waals surface area contributed by atoms with Crippen LogP contribution >= 0.6 is 11.3 Å². The van der Waals surface area contributed by atoms with E-state index in [1.807, 2.05) is 17.5 Å². The third-order valence-electron chi connectivity index (χ3n) is 4.19. The van der Waals surface area contributed by atoms with E-state index >= 15 is 0 Å². The van der Waals surface area contributed by atoms with Crippen LogP contribution in [0.2, 0.25) is 0 Å². The van der Waals surface area contributed by atoms with Crippen molar-refractivity contribution >= 4 is 17.2 Å². The molecule has 0 bridgehead atoms. The smallest absolute Gasteiger partial charge is 0.254 e. The van der Waals surface area contributed by atoms with Gasteiger partial charge in [-0.1, -0.05) is 31.7 Å².